The summed E-state index contributed by atoms with van der Waals surface area (Å²) in [7, 11) is -0.321. The van der Waals surface area contributed by atoms with Gasteiger partial charge in [-0.3, -0.25) is 4.79 Å². The Balaban J connectivity index is 1.89. The van der Waals surface area contributed by atoms with E-state index < -0.39 is 0 Å². The maximum Gasteiger partial charge on any atom is 0.462 e. The van der Waals surface area contributed by atoms with Crippen LogP contribution in [0.15, 0.2) is 24.3 Å². The third-order valence-electron chi connectivity index (χ3n) is 6.02. The van der Waals surface area contributed by atoms with E-state index in [2.05, 4.69) is 52.8 Å². The molecule has 0 amide bonds. The lowest BCUT2D eigenvalue weighted by Crippen LogP contribution is -2.41. The first-order valence-electron chi connectivity index (χ1n) is 9.23. The van der Waals surface area contributed by atoms with Gasteiger partial charge in [0.25, 0.3) is 0 Å². The van der Waals surface area contributed by atoms with Crippen LogP contribution >= 0.6 is 0 Å². The zero-order chi connectivity index (χ0) is 17.5. The van der Waals surface area contributed by atoms with Crippen LogP contribution in [0.3, 0.4) is 0 Å². The van der Waals surface area contributed by atoms with E-state index in [0.29, 0.717) is 12.2 Å². The maximum atomic E-state index is 12.9. The van der Waals surface area contributed by atoms with Crippen molar-refractivity contribution in [3.05, 3.63) is 35.4 Å². The lowest BCUT2D eigenvalue weighted by molar-refractivity contribution is -0.120. The molecule has 1 aliphatic heterocycles. The van der Waals surface area contributed by atoms with Crippen molar-refractivity contribution in [2.75, 3.05) is 0 Å². The van der Waals surface area contributed by atoms with Crippen LogP contribution in [0.5, 0.6) is 0 Å². The van der Waals surface area contributed by atoms with Crippen LogP contribution in [-0.4, -0.2) is 24.1 Å². The molecule has 1 saturated heterocycles. The van der Waals surface area contributed by atoms with Crippen molar-refractivity contribution in [3.8, 4) is 0 Å². The minimum atomic E-state index is -0.358. The number of carbonyl (C=O) groups is 1. The molecule has 3 nitrogen and oxygen atoms in total. The number of carbonyl (C=O) groups excluding carboxylic acids is 1. The highest BCUT2D eigenvalue weighted by molar-refractivity contribution is 6.48. The number of Topliss-reactive ketones (excluding diaryl/α,β-unsaturated/α-hetero) is 1. The van der Waals surface area contributed by atoms with Crippen LogP contribution in [0.4, 0.5) is 0 Å². The molecule has 1 heterocycles. The van der Waals surface area contributed by atoms with Crippen LogP contribution < -0.4 is 0 Å². The summed E-state index contributed by atoms with van der Waals surface area (Å²) < 4.78 is 12.6. The molecular weight excluding hydrogens is 299 g/mol. The Bertz CT molecular complexity index is 607. The standard InChI is InChI=1S/C20H29BO3/c1-6-7-12-17(22)18-15-11-9-8-10-14(15)13-16(18)21-23-19(2,3)20(4,5)24-21/h8-11,16,18H,6-7,12-13H2,1-5H3. The molecule has 1 aliphatic carbocycles. The summed E-state index contributed by atoms with van der Waals surface area (Å²) in [6, 6.07) is 8.33. The van der Waals surface area contributed by atoms with Crippen LogP contribution in [-0.2, 0) is 20.5 Å². The molecule has 4 heteroatoms. The van der Waals surface area contributed by atoms with E-state index in [9.17, 15) is 4.79 Å². The molecule has 0 aromatic heterocycles. The van der Waals surface area contributed by atoms with Gasteiger partial charge >= 0.3 is 7.12 Å². The molecule has 0 N–H and O–H groups in total. The fraction of sp³-hybridized carbons (Fsp3) is 0.650. The molecule has 3 rings (SSSR count). The highest BCUT2D eigenvalue weighted by Crippen LogP contribution is 2.50. The second kappa shape index (κ2) is 6.31. The van der Waals surface area contributed by atoms with Gasteiger partial charge in [0.15, 0.2) is 0 Å². The van der Waals surface area contributed by atoms with E-state index in [0.717, 1.165) is 19.3 Å². The normalized spacial score (nSPS) is 27.3. The van der Waals surface area contributed by atoms with Crippen molar-refractivity contribution in [1.82, 2.24) is 0 Å². The van der Waals surface area contributed by atoms with Gasteiger partial charge in [0.2, 0.25) is 0 Å². The molecule has 2 atom stereocenters. The van der Waals surface area contributed by atoms with Crippen molar-refractivity contribution in [2.45, 2.75) is 83.2 Å². The second-order valence-corrected chi connectivity index (χ2v) is 8.24. The molecule has 2 unspecified atom stereocenters. The summed E-state index contributed by atoms with van der Waals surface area (Å²) in [4.78, 5) is 12.9. The van der Waals surface area contributed by atoms with Gasteiger partial charge in [-0.1, -0.05) is 37.6 Å². The quantitative estimate of drug-likeness (QED) is 0.744. The summed E-state index contributed by atoms with van der Waals surface area (Å²) >= 11 is 0. The molecule has 1 aromatic carbocycles. The number of hydrogen-bond acceptors (Lipinski definition) is 3. The summed E-state index contributed by atoms with van der Waals surface area (Å²) in [5.41, 5.74) is 1.73. The van der Waals surface area contributed by atoms with E-state index >= 15 is 0 Å². The zero-order valence-electron chi connectivity index (χ0n) is 15.6. The highest BCUT2D eigenvalue weighted by atomic mass is 16.7. The molecule has 24 heavy (non-hydrogen) atoms. The minimum Gasteiger partial charge on any atom is -0.403 e. The fourth-order valence-corrected chi connectivity index (χ4v) is 3.86. The van der Waals surface area contributed by atoms with Gasteiger partial charge in [-0.25, -0.2) is 0 Å². The molecular formula is C20H29BO3. The Hall–Kier alpha value is -1.13. The maximum absolute atomic E-state index is 12.9. The summed E-state index contributed by atoms with van der Waals surface area (Å²) in [6.07, 6.45) is 3.50. The van der Waals surface area contributed by atoms with Crippen molar-refractivity contribution in [1.29, 1.82) is 0 Å². The van der Waals surface area contributed by atoms with E-state index in [1.807, 2.05) is 6.07 Å². The van der Waals surface area contributed by atoms with E-state index in [4.69, 9.17) is 9.31 Å². The first kappa shape index (κ1) is 17.7. The molecule has 1 fully saturated rings. The molecule has 0 spiro atoms. The molecule has 1 aromatic rings. The van der Waals surface area contributed by atoms with Crippen molar-refractivity contribution < 1.29 is 14.1 Å². The van der Waals surface area contributed by atoms with Gasteiger partial charge in [-0.05, 0) is 51.7 Å². The Morgan fingerprint density at radius 3 is 2.42 bits per heavy atom. The number of ketones is 1. The van der Waals surface area contributed by atoms with Gasteiger partial charge in [-0.2, -0.15) is 0 Å². The van der Waals surface area contributed by atoms with E-state index in [-0.39, 0.29) is 30.1 Å². The lowest BCUT2D eigenvalue weighted by Gasteiger charge is -2.32. The zero-order valence-corrected chi connectivity index (χ0v) is 15.6. The average Bonchev–Trinajstić information content (AvgIpc) is 3.00. The van der Waals surface area contributed by atoms with Crippen LogP contribution in [0, 0.1) is 0 Å². The molecule has 0 bridgehead atoms. The first-order valence-corrected chi connectivity index (χ1v) is 9.23. The summed E-state index contributed by atoms with van der Waals surface area (Å²) in [6.45, 7) is 10.4. The van der Waals surface area contributed by atoms with Gasteiger partial charge in [0, 0.05) is 18.2 Å². The second-order valence-electron chi connectivity index (χ2n) is 8.24. The number of benzene rings is 1. The Morgan fingerprint density at radius 2 is 1.79 bits per heavy atom. The predicted octanol–water partition coefficient (Wildman–Crippen LogP) is 4.55. The fourth-order valence-electron chi connectivity index (χ4n) is 3.86. The molecule has 130 valence electrons. The largest absolute Gasteiger partial charge is 0.462 e. The van der Waals surface area contributed by atoms with Crippen molar-refractivity contribution >= 4 is 12.9 Å². The molecule has 0 saturated carbocycles. The van der Waals surface area contributed by atoms with Gasteiger partial charge in [0.1, 0.15) is 5.78 Å². The third-order valence-corrected chi connectivity index (χ3v) is 6.02. The number of unbranched alkanes of at least 4 members (excludes halogenated alkanes) is 1. The minimum absolute atomic E-state index is 0.0767. The predicted molar refractivity (Wildman–Crippen MR) is 97.3 cm³/mol. The Kier molecular flexibility index (Phi) is 4.65. The van der Waals surface area contributed by atoms with Gasteiger partial charge in [0.05, 0.1) is 11.2 Å². The number of hydrogen-bond donors (Lipinski definition) is 0. The van der Waals surface area contributed by atoms with Crippen molar-refractivity contribution in [3.63, 3.8) is 0 Å². The summed E-state index contributed by atoms with van der Waals surface area (Å²) in [5, 5.41) is 0. The number of rotatable bonds is 5. The van der Waals surface area contributed by atoms with Crippen LogP contribution in [0.1, 0.15) is 70.9 Å². The lowest BCUT2D eigenvalue weighted by atomic mass is 9.64. The third kappa shape index (κ3) is 2.95. The highest BCUT2D eigenvalue weighted by Gasteiger charge is 2.57. The topological polar surface area (TPSA) is 35.5 Å². The molecule has 2 aliphatic rings. The number of fused-ring (bicyclic) bond motifs is 1. The first-order chi connectivity index (χ1) is 11.3. The Morgan fingerprint density at radius 1 is 1.17 bits per heavy atom. The van der Waals surface area contributed by atoms with Gasteiger partial charge < -0.3 is 9.31 Å². The average molecular weight is 328 g/mol. The SMILES string of the molecule is CCCCC(=O)C1c2ccccc2CC1B1OC(C)(C)C(C)(C)O1. The van der Waals surface area contributed by atoms with E-state index in [1.54, 1.807) is 0 Å². The van der Waals surface area contributed by atoms with Crippen LogP contribution in [0.2, 0.25) is 5.82 Å². The van der Waals surface area contributed by atoms with Crippen LogP contribution in [0.25, 0.3) is 0 Å². The van der Waals surface area contributed by atoms with Crippen molar-refractivity contribution in [2.24, 2.45) is 0 Å². The molecule has 0 radical (unpaired) electrons. The monoisotopic (exact) mass is 328 g/mol. The smallest absolute Gasteiger partial charge is 0.403 e. The van der Waals surface area contributed by atoms with E-state index in [1.165, 1.54) is 11.1 Å². The Labute approximate surface area is 146 Å². The van der Waals surface area contributed by atoms with Gasteiger partial charge in [-0.15, -0.1) is 0 Å². The summed E-state index contributed by atoms with van der Waals surface area (Å²) in [5.74, 6) is 0.316.